The van der Waals surface area contributed by atoms with E-state index in [0.717, 1.165) is 31.7 Å². The van der Waals surface area contributed by atoms with Gasteiger partial charge in [-0.15, -0.1) is 0 Å². The van der Waals surface area contributed by atoms with Gasteiger partial charge in [0.2, 0.25) is 0 Å². The fourth-order valence-corrected chi connectivity index (χ4v) is 4.66. The summed E-state index contributed by atoms with van der Waals surface area (Å²) in [5.74, 6) is -1.80. The summed E-state index contributed by atoms with van der Waals surface area (Å²) in [5.41, 5.74) is 0.163. The summed E-state index contributed by atoms with van der Waals surface area (Å²) in [4.78, 5) is 0. The van der Waals surface area contributed by atoms with E-state index in [4.69, 9.17) is 9.47 Å². The van der Waals surface area contributed by atoms with Crippen LogP contribution < -0.4 is 9.47 Å². The van der Waals surface area contributed by atoms with Crippen molar-refractivity contribution in [3.05, 3.63) is 72.0 Å². The lowest BCUT2D eigenvalue weighted by Crippen LogP contribution is -2.00. The zero-order valence-electron chi connectivity index (χ0n) is 23.5. The molecule has 5 heteroatoms. The first-order valence-corrected chi connectivity index (χ1v) is 14.7. The van der Waals surface area contributed by atoms with Gasteiger partial charge in [-0.3, -0.25) is 0 Å². The van der Waals surface area contributed by atoms with E-state index in [1.54, 1.807) is 48.5 Å². The van der Waals surface area contributed by atoms with Crippen LogP contribution in [-0.2, 0) is 0 Å². The Morgan fingerprint density at radius 1 is 0.513 bits per heavy atom. The Labute approximate surface area is 232 Å². The van der Waals surface area contributed by atoms with Gasteiger partial charge in [-0.1, -0.05) is 102 Å². The maximum atomic E-state index is 15.1. The lowest BCUT2D eigenvalue weighted by atomic mass is 9.98. The summed E-state index contributed by atoms with van der Waals surface area (Å²) in [7, 11) is 0. The Hall–Kier alpha value is -2.95. The molecular formula is C34H43F3O2. The van der Waals surface area contributed by atoms with E-state index in [2.05, 4.69) is 13.8 Å². The minimum Gasteiger partial charge on any atom is -0.494 e. The molecule has 2 nitrogen and oxygen atoms in total. The summed E-state index contributed by atoms with van der Waals surface area (Å²) >= 11 is 0. The first kappa shape index (κ1) is 30.6. The Morgan fingerprint density at radius 2 is 0.949 bits per heavy atom. The molecule has 0 heterocycles. The molecule has 0 atom stereocenters. The second-order valence-electron chi connectivity index (χ2n) is 10.2. The van der Waals surface area contributed by atoms with Gasteiger partial charge in [0.25, 0.3) is 0 Å². The van der Waals surface area contributed by atoms with E-state index in [9.17, 15) is 0 Å². The van der Waals surface area contributed by atoms with E-state index >= 15 is 13.2 Å². The molecule has 0 saturated heterocycles. The van der Waals surface area contributed by atoms with Gasteiger partial charge in [0.1, 0.15) is 17.3 Å². The topological polar surface area (TPSA) is 18.5 Å². The molecule has 212 valence electrons. The minimum absolute atomic E-state index is 0.116. The van der Waals surface area contributed by atoms with Gasteiger partial charge in [0.05, 0.1) is 18.8 Å². The Morgan fingerprint density at radius 3 is 1.44 bits per heavy atom. The third kappa shape index (κ3) is 9.63. The third-order valence-corrected chi connectivity index (χ3v) is 7.00. The predicted octanol–water partition coefficient (Wildman–Crippen LogP) is 10.9. The molecule has 39 heavy (non-hydrogen) atoms. The summed E-state index contributed by atoms with van der Waals surface area (Å²) < 4.78 is 56.8. The minimum atomic E-state index is -1.20. The molecule has 0 aromatic heterocycles. The molecule has 0 spiro atoms. The average molecular weight is 541 g/mol. The average Bonchev–Trinajstić information content (AvgIpc) is 2.95. The molecule has 0 unspecified atom stereocenters. The molecule has 0 saturated carbocycles. The van der Waals surface area contributed by atoms with Crippen LogP contribution in [0.3, 0.4) is 0 Å². The standard InChI is InChI=1S/C34H43F3O2/c1-3-5-7-9-11-13-23-38-28-19-15-26(16-20-28)30-25-31(35)32(34(37)33(30)36)27-17-21-29(22-18-27)39-24-14-12-10-8-6-4-2/h15-22,25H,3-14,23-24H2,1-2H3. The quantitative estimate of drug-likeness (QED) is 0.118. The molecular weight excluding hydrogens is 497 g/mol. The van der Waals surface area contributed by atoms with Gasteiger partial charge < -0.3 is 9.47 Å². The predicted molar refractivity (Wildman–Crippen MR) is 155 cm³/mol. The molecule has 3 aromatic carbocycles. The zero-order chi connectivity index (χ0) is 27.9. The van der Waals surface area contributed by atoms with Crippen molar-refractivity contribution >= 4 is 0 Å². The van der Waals surface area contributed by atoms with Crippen LogP contribution in [0.25, 0.3) is 22.3 Å². The number of rotatable bonds is 18. The van der Waals surface area contributed by atoms with Crippen LogP contribution in [0.2, 0.25) is 0 Å². The molecule has 0 aliphatic carbocycles. The van der Waals surface area contributed by atoms with E-state index in [1.165, 1.54) is 51.4 Å². The van der Waals surface area contributed by atoms with Gasteiger partial charge in [-0.05, 0) is 54.3 Å². The van der Waals surface area contributed by atoms with Crippen LogP contribution in [0.15, 0.2) is 54.6 Å². The first-order valence-electron chi connectivity index (χ1n) is 14.7. The molecule has 0 bridgehead atoms. The van der Waals surface area contributed by atoms with Gasteiger partial charge in [-0.2, -0.15) is 0 Å². The van der Waals surface area contributed by atoms with Crippen LogP contribution in [0.4, 0.5) is 13.2 Å². The van der Waals surface area contributed by atoms with Gasteiger partial charge in [0, 0.05) is 5.56 Å². The van der Waals surface area contributed by atoms with Crippen molar-refractivity contribution < 1.29 is 22.6 Å². The summed E-state index contributed by atoms with van der Waals surface area (Å²) in [5, 5.41) is 0. The fourth-order valence-electron chi connectivity index (χ4n) is 4.66. The highest BCUT2D eigenvalue weighted by Gasteiger charge is 2.21. The normalized spacial score (nSPS) is 11.1. The fraction of sp³-hybridized carbons (Fsp3) is 0.471. The summed E-state index contributed by atoms with van der Waals surface area (Å²) in [6.45, 7) is 5.60. The van der Waals surface area contributed by atoms with Crippen LogP contribution >= 0.6 is 0 Å². The highest BCUT2D eigenvalue weighted by Crippen LogP contribution is 2.35. The SMILES string of the molecule is CCCCCCCCOc1ccc(-c2cc(F)c(-c3ccc(OCCCCCCCC)cc3)c(F)c2F)cc1. The van der Waals surface area contributed by atoms with Crippen molar-refractivity contribution in [3.63, 3.8) is 0 Å². The number of benzene rings is 3. The maximum Gasteiger partial charge on any atom is 0.170 e. The molecule has 0 amide bonds. The Balaban J connectivity index is 1.58. The van der Waals surface area contributed by atoms with Crippen molar-refractivity contribution in [3.8, 4) is 33.8 Å². The monoisotopic (exact) mass is 540 g/mol. The van der Waals surface area contributed by atoms with Crippen LogP contribution in [-0.4, -0.2) is 13.2 Å². The molecule has 3 aromatic rings. The highest BCUT2D eigenvalue weighted by atomic mass is 19.2. The number of ether oxygens (including phenoxy) is 2. The van der Waals surface area contributed by atoms with E-state index in [1.807, 2.05) is 0 Å². The molecule has 3 rings (SSSR count). The van der Waals surface area contributed by atoms with E-state index in [0.29, 0.717) is 30.3 Å². The number of hydrogen-bond donors (Lipinski definition) is 0. The van der Waals surface area contributed by atoms with Crippen LogP contribution in [0.1, 0.15) is 90.9 Å². The summed E-state index contributed by atoms with van der Waals surface area (Å²) in [6, 6.07) is 14.2. The van der Waals surface area contributed by atoms with Gasteiger partial charge >= 0.3 is 0 Å². The van der Waals surface area contributed by atoms with Crippen molar-refractivity contribution in [1.29, 1.82) is 0 Å². The second-order valence-corrected chi connectivity index (χ2v) is 10.2. The third-order valence-electron chi connectivity index (χ3n) is 7.00. The molecule has 0 N–H and O–H groups in total. The largest absolute Gasteiger partial charge is 0.494 e. The van der Waals surface area contributed by atoms with E-state index < -0.39 is 17.5 Å². The smallest absolute Gasteiger partial charge is 0.170 e. The highest BCUT2D eigenvalue weighted by molar-refractivity contribution is 5.73. The van der Waals surface area contributed by atoms with Crippen molar-refractivity contribution in [2.24, 2.45) is 0 Å². The number of halogens is 3. The number of unbranched alkanes of at least 4 members (excludes halogenated alkanes) is 10. The van der Waals surface area contributed by atoms with Gasteiger partial charge in [0.15, 0.2) is 11.6 Å². The molecule has 0 radical (unpaired) electrons. The van der Waals surface area contributed by atoms with Crippen LogP contribution in [0.5, 0.6) is 11.5 Å². The maximum absolute atomic E-state index is 15.1. The first-order chi connectivity index (χ1) is 19.0. The molecule has 0 aliphatic heterocycles. The Kier molecular flexibility index (Phi) is 13.2. The second kappa shape index (κ2) is 16.9. The van der Waals surface area contributed by atoms with Crippen molar-refractivity contribution in [2.45, 2.75) is 90.9 Å². The number of hydrogen-bond acceptors (Lipinski definition) is 2. The molecule has 0 aliphatic rings. The lowest BCUT2D eigenvalue weighted by molar-refractivity contribution is 0.304. The van der Waals surface area contributed by atoms with Crippen LogP contribution in [0, 0.1) is 17.5 Å². The molecule has 0 fully saturated rings. The Bertz CT molecular complexity index is 1110. The lowest BCUT2D eigenvalue weighted by Gasteiger charge is -2.12. The van der Waals surface area contributed by atoms with Crippen molar-refractivity contribution in [1.82, 2.24) is 0 Å². The van der Waals surface area contributed by atoms with Crippen molar-refractivity contribution in [2.75, 3.05) is 13.2 Å². The van der Waals surface area contributed by atoms with E-state index in [-0.39, 0.29) is 16.7 Å². The van der Waals surface area contributed by atoms with Gasteiger partial charge in [-0.25, -0.2) is 13.2 Å². The zero-order valence-corrected chi connectivity index (χ0v) is 23.5. The summed E-state index contributed by atoms with van der Waals surface area (Å²) in [6.07, 6.45) is 14.1.